The van der Waals surface area contributed by atoms with E-state index in [1.807, 2.05) is 18.2 Å². The van der Waals surface area contributed by atoms with Gasteiger partial charge in [-0.2, -0.15) is 0 Å². The Morgan fingerprint density at radius 2 is 1.77 bits per heavy atom. The number of amides is 2. The number of nitrogens with one attached hydrogen (secondary N) is 1. The molecule has 1 aromatic rings. The Balaban J connectivity index is 1.40. The Morgan fingerprint density at radius 1 is 1.08 bits per heavy atom. The van der Waals surface area contributed by atoms with Crippen LogP contribution in [0.5, 0.6) is 0 Å². The van der Waals surface area contributed by atoms with Crippen LogP contribution in [-0.2, 0) is 26.0 Å². The molecule has 2 heterocycles. The normalized spacial score (nSPS) is 22.9. The molecule has 142 valence electrons. The van der Waals surface area contributed by atoms with E-state index in [1.54, 1.807) is 4.90 Å². The lowest BCUT2D eigenvalue weighted by molar-refractivity contribution is -0.137. The summed E-state index contributed by atoms with van der Waals surface area (Å²) in [7, 11) is -3.04. The quantitative estimate of drug-likeness (QED) is 0.729. The van der Waals surface area contributed by atoms with Gasteiger partial charge in [0.15, 0.2) is 9.84 Å². The van der Waals surface area contributed by atoms with Crippen molar-refractivity contribution in [3.63, 3.8) is 0 Å². The maximum Gasteiger partial charge on any atom is 0.232 e. The maximum absolute atomic E-state index is 12.3. The second-order valence-corrected chi connectivity index (χ2v) is 9.22. The molecule has 1 aromatic carbocycles. The molecule has 0 spiro atoms. The van der Waals surface area contributed by atoms with E-state index in [0.717, 1.165) is 19.6 Å². The zero-order valence-corrected chi connectivity index (χ0v) is 15.6. The van der Waals surface area contributed by atoms with Crippen molar-refractivity contribution in [2.24, 2.45) is 0 Å². The molecule has 1 N–H and O–H groups in total. The summed E-state index contributed by atoms with van der Waals surface area (Å²) in [5.41, 5.74) is 1.25. The van der Waals surface area contributed by atoms with Crippen LogP contribution in [0, 0.1) is 0 Å². The third kappa shape index (κ3) is 5.28. The first-order valence-electron chi connectivity index (χ1n) is 8.95. The number of rotatable bonds is 5. The Bertz CT molecular complexity index is 743. The fourth-order valence-corrected chi connectivity index (χ4v) is 5.11. The van der Waals surface area contributed by atoms with Crippen LogP contribution in [0.1, 0.15) is 18.4 Å². The molecule has 2 amide bonds. The van der Waals surface area contributed by atoms with Crippen LogP contribution < -0.4 is 5.32 Å². The lowest BCUT2D eigenvalue weighted by Crippen LogP contribution is -2.49. The van der Waals surface area contributed by atoms with Gasteiger partial charge in [-0.3, -0.25) is 14.5 Å². The lowest BCUT2D eigenvalue weighted by atomic mass is 10.2. The van der Waals surface area contributed by atoms with E-state index >= 15 is 0 Å². The number of carbonyl (C=O) groups excluding carboxylic acids is 2. The number of benzene rings is 1. The molecule has 2 aliphatic heterocycles. The first-order valence-corrected chi connectivity index (χ1v) is 10.8. The minimum atomic E-state index is -3.04. The number of nitrogens with zero attached hydrogens (tertiary/aromatic N) is 2. The zero-order valence-electron chi connectivity index (χ0n) is 14.8. The smallest absolute Gasteiger partial charge is 0.232 e. The lowest BCUT2D eigenvalue weighted by Gasteiger charge is -2.34. The van der Waals surface area contributed by atoms with Gasteiger partial charge >= 0.3 is 0 Å². The van der Waals surface area contributed by atoms with Crippen LogP contribution in [0.25, 0.3) is 0 Å². The molecule has 0 radical (unpaired) electrons. The van der Waals surface area contributed by atoms with Crippen molar-refractivity contribution in [2.75, 3.05) is 37.7 Å². The van der Waals surface area contributed by atoms with E-state index in [9.17, 15) is 18.0 Å². The molecule has 2 saturated heterocycles. The molecule has 2 aliphatic rings. The van der Waals surface area contributed by atoms with Crippen molar-refractivity contribution < 1.29 is 18.0 Å². The summed E-state index contributed by atoms with van der Waals surface area (Å²) in [6.07, 6.45) is 0.218. The Kier molecular flexibility index (Phi) is 5.93. The predicted octanol–water partition coefficient (Wildman–Crippen LogP) is 0.0242. The highest BCUT2D eigenvalue weighted by atomic mass is 32.2. The SMILES string of the molecule is O=C(CC(=O)N1CCN(Cc2ccccc2)CC1)NC1CCS(=O)(=O)C1. The largest absolute Gasteiger partial charge is 0.352 e. The molecule has 3 rings (SSSR count). The van der Waals surface area contributed by atoms with Crippen LogP contribution in [0.2, 0.25) is 0 Å². The third-order valence-electron chi connectivity index (χ3n) is 4.88. The average Bonchev–Trinajstić information content (AvgIpc) is 2.94. The summed E-state index contributed by atoms with van der Waals surface area (Å²) >= 11 is 0. The molecule has 1 atom stereocenters. The fourth-order valence-electron chi connectivity index (χ4n) is 3.43. The van der Waals surface area contributed by atoms with Crippen molar-refractivity contribution in [3.8, 4) is 0 Å². The maximum atomic E-state index is 12.3. The molecule has 0 aromatic heterocycles. The highest BCUT2D eigenvalue weighted by Gasteiger charge is 2.30. The van der Waals surface area contributed by atoms with Crippen molar-refractivity contribution in [1.82, 2.24) is 15.1 Å². The summed E-state index contributed by atoms with van der Waals surface area (Å²) in [5, 5.41) is 2.67. The first-order chi connectivity index (χ1) is 12.4. The Labute approximate surface area is 154 Å². The standard InChI is InChI=1S/C18H25N3O4S/c22-17(19-16-6-11-26(24,25)14-16)12-18(23)21-9-7-20(8-10-21)13-15-4-2-1-3-5-15/h1-5,16H,6-14H2,(H,19,22). The van der Waals surface area contributed by atoms with Crippen LogP contribution >= 0.6 is 0 Å². The minimum absolute atomic E-state index is 0.0227. The highest BCUT2D eigenvalue weighted by Crippen LogP contribution is 2.12. The number of hydrogen-bond acceptors (Lipinski definition) is 5. The molecule has 2 fully saturated rings. The fraction of sp³-hybridized carbons (Fsp3) is 0.556. The summed E-state index contributed by atoms with van der Waals surface area (Å²) in [6, 6.07) is 9.84. The van der Waals surface area contributed by atoms with Crippen molar-refractivity contribution in [3.05, 3.63) is 35.9 Å². The zero-order chi connectivity index (χ0) is 18.6. The van der Waals surface area contributed by atoms with Crippen LogP contribution in [0.15, 0.2) is 30.3 Å². The van der Waals surface area contributed by atoms with Gasteiger partial charge in [-0.25, -0.2) is 8.42 Å². The summed E-state index contributed by atoms with van der Waals surface area (Å²) in [4.78, 5) is 28.3. The molecule has 26 heavy (non-hydrogen) atoms. The molecule has 7 nitrogen and oxygen atoms in total. The van der Waals surface area contributed by atoms with Crippen LogP contribution in [0.3, 0.4) is 0 Å². The predicted molar refractivity (Wildman–Crippen MR) is 98.1 cm³/mol. The van der Waals surface area contributed by atoms with E-state index in [-0.39, 0.29) is 35.8 Å². The molecule has 8 heteroatoms. The Hall–Kier alpha value is -1.93. The molecular formula is C18H25N3O4S. The Morgan fingerprint density at radius 3 is 2.38 bits per heavy atom. The first kappa shape index (κ1) is 18.8. The van der Waals surface area contributed by atoms with Gasteiger partial charge in [-0.05, 0) is 12.0 Å². The van der Waals surface area contributed by atoms with Crippen molar-refractivity contribution in [1.29, 1.82) is 0 Å². The summed E-state index contributed by atoms with van der Waals surface area (Å²) in [6.45, 7) is 3.64. The van der Waals surface area contributed by atoms with E-state index in [1.165, 1.54) is 5.56 Å². The van der Waals surface area contributed by atoms with Gasteiger partial charge in [0.2, 0.25) is 11.8 Å². The molecule has 0 saturated carbocycles. The number of hydrogen-bond donors (Lipinski definition) is 1. The van der Waals surface area contributed by atoms with Crippen LogP contribution in [0.4, 0.5) is 0 Å². The van der Waals surface area contributed by atoms with Gasteiger partial charge in [-0.1, -0.05) is 30.3 Å². The van der Waals surface area contributed by atoms with Gasteiger partial charge in [-0.15, -0.1) is 0 Å². The second-order valence-electron chi connectivity index (χ2n) is 6.99. The van der Waals surface area contributed by atoms with Gasteiger partial charge in [0, 0.05) is 38.8 Å². The second kappa shape index (κ2) is 8.18. The van der Waals surface area contributed by atoms with Crippen LogP contribution in [-0.4, -0.2) is 73.8 Å². The van der Waals surface area contributed by atoms with Gasteiger partial charge in [0.1, 0.15) is 6.42 Å². The number of sulfone groups is 1. The monoisotopic (exact) mass is 379 g/mol. The van der Waals surface area contributed by atoms with E-state index in [4.69, 9.17) is 0 Å². The molecule has 1 unspecified atom stereocenters. The van der Waals surface area contributed by atoms with Gasteiger partial charge < -0.3 is 10.2 Å². The van der Waals surface area contributed by atoms with Gasteiger partial charge in [0.25, 0.3) is 0 Å². The molecule has 0 bridgehead atoms. The molecule has 0 aliphatic carbocycles. The van der Waals surface area contributed by atoms with E-state index < -0.39 is 9.84 Å². The van der Waals surface area contributed by atoms with Crippen molar-refractivity contribution >= 4 is 21.7 Å². The summed E-state index contributed by atoms with van der Waals surface area (Å²) in [5.74, 6) is -0.494. The molecular weight excluding hydrogens is 354 g/mol. The third-order valence-corrected chi connectivity index (χ3v) is 6.65. The highest BCUT2D eigenvalue weighted by molar-refractivity contribution is 7.91. The summed E-state index contributed by atoms with van der Waals surface area (Å²) < 4.78 is 22.8. The topological polar surface area (TPSA) is 86.8 Å². The van der Waals surface area contributed by atoms with E-state index in [0.29, 0.717) is 19.5 Å². The van der Waals surface area contributed by atoms with Crippen molar-refractivity contribution in [2.45, 2.75) is 25.4 Å². The number of carbonyl (C=O) groups is 2. The van der Waals surface area contributed by atoms with E-state index in [2.05, 4.69) is 22.3 Å². The average molecular weight is 379 g/mol. The van der Waals surface area contributed by atoms with Gasteiger partial charge in [0.05, 0.1) is 11.5 Å². The minimum Gasteiger partial charge on any atom is -0.352 e. The number of piperazine rings is 1.